The first-order chi connectivity index (χ1) is 13.2. The lowest BCUT2D eigenvalue weighted by Crippen LogP contribution is -2.22. The quantitative estimate of drug-likeness (QED) is 0.120. The van der Waals surface area contributed by atoms with Gasteiger partial charge >= 0.3 is 5.97 Å². The van der Waals surface area contributed by atoms with Gasteiger partial charge in [0.25, 0.3) is 0 Å². The molecular formula is C23H50N2O2. The molecule has 0 radical (unpaired) electrons. The maximum Gasteiger partial charge on any atom is 0.303 e. The molecule has 0 saturated carbocycles. The van der Waals surface area contributed by atoms with Gasteiger partial charge in [-0.1, -0.05) is 117 Å². The molecule has 27 heavy (non-hydrogen) atoms. The normalized spacial score (nSPS) is 10.5. The van der Waals surface area contributed by atoms with E-state index in [4.69, 9.17) is 10.9 Å². The number of unbranched alkanes of at least 4 members (excludes halogenated alkanes) is 16. The molecule has 0 rings (SSSR count). The largest absolute Gasteiger partial charge is 0.481 e. The number of hydrazine groups is 1. The number of carboxylic acids is 1. The van der Waals surface area contributed by atoms with Gasteiger partial charge in [0.05, 0.1) is 0 Å². The Hall–Kier alpha value is -0.610. The molecule has 0 aromatic heterocycles. The molecule has 0 aliphatic heterocycles. The van der Waals surface area contributed by atoms with Gasteiger partial charge in [-0.2, -0.15) is 0 Å². The summed E-state index contributed by atoms with van der Waals surface area (Å²) in [4.78, 5) is 10.3. The molecule has 4 nitrogen and oxygen atoms in total. The molecule has 164 valence electrons. The Bertz CT molecular complexity index is 269. The molecule has 0 aliphatic rings. The third-order valence-electron chi connectivity index (χ3n) is 4.92. The van der Waals surface area contributed by atoms with Crippen molar-refractivity contribution in [1.82, 2.24) is 5.43 Å². The van der Waals surface area contributed by atoms with Crippen LogP contribution < -0.4 is 11.3 Å². The number of nitrogens with one attached hydrogen (secondary N) is 1. The van der Waals surface area contributed by atoms with Gasteiger partial charge < -0.3 is 5.11 Å². The van der Waals surface area contributed by atoms with Crippen LogP contribution in [0.3, 0.4) is 0 Å². The Labute approximate surface area is 170 Å². The van der Waals surface area contributed by atoms with Crippen LogP contribution in [-0.2, 0) is 4.79 Å². The van der Waals surface area contributed by atoms with Crippen LogP contribution in [0.1, 0.15) is 136 Å². The van der Waals surface area contributed by atoms with Crippen molar-refractivity contribution in [3.8, 4) is 0 Å². The number of nitrogens with two attached hydrogens (primary N) is 1. The summed E-state index contributed by atoms with van der Waals surface area (Å²) in [6, 6.07) is 0. The summed E-state index contributed by atoms with van der Waals surface area (Å²) < 4.78 is 0. The minimum Gasteiger partial charge on any atom is -0.481 e. The summed E-state index contributed by atoms with van der Waals surface area (Å²) in [7, 11) is 0. The van der Waals surface area contributed by atoms with Gasteiger partial charge in [-0.05, 0) is 12.8 Å². The second-order valence-corrected chi connectivity index (χ2v) is 7.75. The Balaban J connectivity index is 0. The molecule has 4 N–H and O–H groups in total. The summed E-state index contributed by atoms with van der Waals surface area (Å²) in [5, 5.41) is 8.52. The van der Waals surface area contributed by atoms with E-state index in [1.54, 1.807) is 0 Å². The number of rotatable bonds is 20. The van der Waals surface area contributed by atoms with Crippen molar-refractivity contribution in [2.24, 2.45) is 5.84 Å². The van der Waals surface area contributed by atoms with Gasteiger partial charge in [-0.25, -0.2) is 0 Å². The van der Waals surface area contributed by atoms with Gasteiger partial charge in [0, 0.05) is 13.0 Å². The number of carbonyl (C=O) groups is 1. The van der Waals surface area contributed by atoms with E-state index in [0.717, 1.165) is 19.4 Å². The Morgan fingerprint density at radius 1 is 0.630 bits per heavy atom. The molecule has 0 aliphatic carbocycles. The van der Waals surface area contributed by atoms with E-state index >= 15 is 0 Å². The minimum absolute atomic E-state index is 0.345. The Morgan fingerprint density at radius 3 is 1.30 bits per heavy atom. The van der Waals surface area contributed by atoms with E-state index in [9.17, 15) is 4.79 Å². The van der Waals surface area contributed by atoms with Gasteiger partial charge in [-0.3, -0.25) is 16.1 Å². The highest BCUT2D eigenvalue weighted by molar-refractivity contribution is 5.66. The highest BCUT2D eigenvalue weighted by atomic mass is 16.4. The smallest absolute Gasteiger partial charge is 0.303 e. The zero-order valence-electron chi connectivity index (χ0n) is 18.6. The Kier molecular flexibility index (Phi) is 29.2. The van der Waals surface area contributed by atoms with E-state index < -0.39 is 5.97 Å². The maximum atomic E-state index is 10.3. The molecule has 0 spiro atoms. The van der Waals surface area contributed by atoms with Crippen LogP contribution in [0.2, 0.25) is 0 Å². The van der Waals surface area contributed by atoms with Gasteiger partial charge in [0.1, 0.15) is 0 Å². The lowest BCUT2D eigenvalue weighted by Gasteiger charge is -2.03. The van der Waals surface area contributed by atoms with Crippen molar-refractivity contribution in [3.05, 3.63) is 0 Å². The topological polar surface area (TPSA) is 75.3 Å². The fourth-order valence-electron chi connectivity index (χ4n) is 3.12. The summed E-state index contributed by atoms with van der Waals surface area (Å²) in [6.45, 7) is 5.40. The van der Waals surface area contributed by atoms with Crippen LogP contribution >= 0.6 is 0 Å². The van der Waals surface area contributed by atoms with E-state index in [1.165, 1.54) is 103 Å². The highest BCUT2D eigenvalue weighted by Crippen LogP contribution is 2.13. The minimum atomic E-state index is -0.653. The molecule has 0 aromatic rings. The number of hydrogen-bond donors (Lipinski definition) is 3. The first-order valence-electron chi connectivity index (χ1n) is 11.8. The zero-order chi connectivity index (χ0) is 20.4. The van der Waals surface area contributed by atoms with Gasteiger partial charge in [0.15, 0.2) is 0 Å². The fraction of sp³-hybridized carbons (Fsp3) is 0.957. The van der Waals surface area contributed by atoms with E-state index in [2.05, 4.69) is 19.3 Å². The molecule has 0 heterocycles. The van der Waals surface area contributed by atoms with E-state index in [1.807, 2.05) is 0 Å². The average molecular weight is 387 g/mol. The molecule has 4 heteroatoms. The van der Waals surface area contributed by atoms with Crippen molar-refractivity contribution < 1.29 is 9.90 Å². The predicted octanol–water partition coefficient (Wildman–Crippen LogP) is 6.97. The van der Waals surface area contributed by atoms with E-state index in [0.29, 0.717) is 6.42 Å². The Morgan fingerprint density at radius 2 is 0.963 bits per heavy atom. The molecule has 0 atom stereocenters. The van der Waals surface area contributed by atoms with E-state index in [-0.39, 0.29) is 0 Å². The second-order valence-electron chi connectivity index (χ2n) is 7.75. The molecule has 0 bridgehead atoms. The molecule has 0 saturated heterocycles. The van der Waals surface area contributed by atoms with Crippen LogP contribution in [0.15, 0.2) is 0 Å². The van der Waals surface area contributed by atoms with Crippen LogP contribution in [0.5, 0.6) is 0 Å². The first kappa shape index (κ1) is 28.6. The van der Waals surface area contributed by atoms with Crippen molar-refractivity contribution >= 4 is 5.97 Å². The molecule has 0 fully saturated rings. The predicted molar refractivity (Wildman–Crippen MR) is 119 cm³/mol. The summed E-state index contributed by atoms with van der Waals surface area (Å²) in [5.41, 5.74) is 2.60. The van der Waals surface area contributed by atoms with Crippen LogP contribution in [0, 0.1) is 0 Å². The fourth-order valence-corrected chi connectivity index (χ4v) is 3.12. The number of hydrogen-bond acceptors (Lipinski definition) is 3. The first-order valence-corrected chi connectivity index (χ1v) is 11.8. The van der Waals surface area contributed by atoms with Crippen molar-refractivity contribution in [3.63, 3.8) is 0 Å². The SMILES string of the molecule is CCCCCCCCCCCCCCCCCC(=O)O.CCCCCNN. The summed E-state index contributed by atoms with van der Waals surface area (Å²) in [6.07, 6.45) is 23.9. The molecular weight excluding hydrogens is 336 g/mol. The van der Waals surface area contributed by atoms with Crippen molar-refractivity contribution in [2.45, 2.75) is 136 Å². The average Bonchev–Trinajstić information content (AvgIpc) is 2.65. The summed E-state index contributed by atoms with van der Waals surface area (Å²) >= 11 is 0. The summed E-state index contributed by atoms with van der Waals surface area (Å²) in [5.74, 6) is 4.37. The second kappa shape index (κ2) is 27.6. The van der Waals surface area contributed by atoms with Crippen molar-refractivity contribution in [2.75, 3.05) is 6.54 Å². The maximum absolute atomic E-state index is 10.3. The van der Waals surface area contributed by atoms with Gasteiger partial charge in [0.2, 0.25) is 0 Å². The lowest BCUT2D eigenvalue weighted by atomic mass is 10.0. The number of carboxylic acid groups (broad SMARTS) is 1. The zero-order valence-corrected chi connectivity index (χ0v) is 18.6. The third kappa shape index (κ3) is 33.4. The lowest BCUT2D eigenvalue weighted by molar-refractivity contribution is -0.137. The van der Waals surface area contributed by atoms with Crippen LogP contribution in [-0.4, -0.2) is 17.6 Å². The molecule has 0 aromatic carbocycles. The van der Waals surface area contributed by atoms with Gasteiger partial charge in [-0.15, -0.1) is 0 Å². The third-order valence-corrected chi connectivity index (χ3v) is 4.92. The van der Waals surface area contributed by atoms with Crippen molar-refractivity contribution in [1.29, 1.82) is 0 Å². The number of aliphatic carboxylic acids is 1. The van der Waals surface area contributed by atoms with Crippen LogP contribution in [0.4, 0.5) is 0 Å². The highest BCUT2D eigenvalue weighted by Gasteiger charge is 1.97. The standard InChI is InChI=1S/C18H36O2.C5H14N2/c1-2-3-4-5-6-7-8-9-10-11-12-13-14-15-16-17-18(19)20;1-2-3-4-5-7-6/h2-17H2,1H3,(H,19,20);7H,2-6H2,1H3. The van der Waals surface area contributed by atoms with Crippen LogP contribution in [0.25, 0.3) is 0 Å². The molecule has 0 amide bonds. The monoisotopic (exact) mass is 386 g/mol. The molecule has 0 unspecified atom stereocenters.